The largest absolute Gasteiger partial charge is 0.508 e. The zero-order valence-electron chi connectivity index (χ0n) is 30.4. The summed E-state index contributed by atoms with van der Waals surface area (Å²) in [7, 11) is 8.20. The Morgan fingerprint density at radius 3 is 1.67 bits per heavy atom. The summed E-state index contributed by atoms with van der Waals surface area (Å²) >= 11 is 0. The predicted octanol–water partition coefficient (Wildman–Crippen LogP) is 7.78. The van der Waals surface area contributed by atoms with Crippen LogP contribution in [0.25, 0.3) is 0 Å². The minimum Gasteiger partial charge on any atom is -0.508 e. The molecule has 6 unspecified atom stereocenters. The van der Waals surface area contributed by atoms with E-state index in [1.807, 2.05) is 44.4 Å². The zero-order valence-corrected chi connectivity index (χ0v) is 30.4. The van der Waals surface area contributed by atoms with Crippen LogP contribution in [-0.2, 0) is 11.0 Å². The number of aliphatic hydroxyl groups is 2. The number of nitrogens with zero attached hydrogens (tertiary/aromatic N) is 2. The number of aromatic hydroxyl groups is 2. The third-order valence-corrected chi connectivity index (χ3v) is 10.7. The standard InChI is InChI=1S/C25H35NO2.C17H25NO2/c1-24(2,3)19-12-14-20(15-13-19)25(28)21(17-26(4)5)9-7-11-23(25)18-8-6-10-22(27)16-18;1-4-17(20)14(12-18(2)3)8-6-10-16(17)13-7-5-9-15(19)11-13/h6,8,10,12-16,21,23,27-28H,7,9,11,17H2,1-5H3;4-5,7,9,11,14,16,19-20H,1,6,8,10,12H2,2-3H3. The molecule has 2 aliphatic carbocycles. The lowest BCUT2D eigenvalue weighted by atomic mass is 9.62. The van der Waals surface area contributed by atoms with Gasteiger partial charge in [0.1, 0.15) is 17.1 Å². The number of hydrogen-bond donors (Lipinski definition) is 4. The molecule has 6 atom stereocenters. The summed E-state index contributed by atoms with van der Waals surface area (Å²) in [5, 5.41) is 43.1. The molecule has 3 aromatic rings. The molecule has 0 radical (unpaired) electrons. The van der Waals surface area contributed by atoms with Crippen molar-refractivity contribution in [3.63, 3.8) is 0 Å². The van der Waals surface area contributed by atoms with Crippen molar-refractivity contribution >= 4 is 0 Å². The van der Waals surface area contributed by atoms with Gasteiger partial charge >= 0.3 is 0 Å². The van der Waals surface area contributed by atoms with Gasteiger partial charge in [0.15, 0.2) is 0 Å². The molecule has 6 nitrogen and oxygen atoms in total. The van der Waals surface area contributed by atoms with Crippen molar-refractivity contribution in [3.8, 4) is 11.5 Å². The van der Waals surface area contributed by atoms with Gasteiger partial charge in [-0.15, -0.1) is 6.58 Å². The van der Waals surface area contributed by atoms with Crippen LogP contribution in [0.2, 0.25) is 0 Å². The second-order valence-corrected chi connectivity index (χ2v) is 15.8. The quantitative estimate of drug-likeness (QED) is 0.185. The molecule has 0 saturated heterocycles. The highest BCUT2D eigenvalue weighted by atomic mass is 16.3. The zero-order chi connectivity index (χ0) is 35.3. The fourth-order valence-corrected chi connectivity index (χ4v) is 8.28. The minimum atomic E-state index is -0.952. The highest BCUT2D eigenvalue weighted by Crippen LogP contribution is 2.51. The second-order valence-electron chi connectivity index (χ2n) is 15.8. The van der Waals surface area contributed by atoms with Gasteiger partial charge in [0.25, 0.3) is 0 Å². The summed E-state index contributed by atoms with van der Waals surface area (Å²) in [5.41, 5.74) is 2.50. The minimum absolute atomic E-state index is 0.00537. The van der Waals surface area contributed by atoms with E-state index in [4.69, 9.17) is 0 Å². The molecule has 5 rings (SSSR count). The highest BCUT2D eigenvalue weighted by Gasteiger charge is 2.48. The highest BCUT2D eigenvalue weighted by molar-refractivity contribution is 5.39. The molecule has 0 aliphatic heterocycles. The van der Waals surface area contributed by atoms with Crippen LogP contribution in [0.5, 0.6) is 11.5 Å². The molecular formula is C42H60N2O4. The Kier molecular flexibility index (Phi) is 12.2. The number of benzene rings is 3. The van der Waals surface area contributed by atoms with Gasteiger partial charge in [0.05, 0.1) is 5.60 Å². The van der Waals surface area contributed by atoms with E-state index >= 15 is 0 Å². The molecule has 2 aliphatic rings. The second kappa shape index (κ2) is 15.6. The van der Waals surface area contributed by atoms with Crippen molar-refractivity contribution in [2.75, 3.05) is 41.3 Å². The maximum Gasteiger partial charge on any atom is 0.115 e. The number of phenols is 2. The van der Waals surface area contributed by atoms with Crippen LogP contribution in [0.15, 0.2) is 85.5 Å². The van der Waals surface area contributed by atoms with Gasteiger partial charge < -0.3 is 30.2 Å². The first-order valence-electron chi connectivity index (χ1n) is 17.7. The van der Waals surface area contributed by atoms with Crippen molar-refractivity contribution in [1.29, 1.82) is 0 Å². The first-order valence-corrected chi connectivity index (χ1v) is 17.7. The summed E-state index contributed by atoms with van der Waals surface area (Å²) in [5.74, 6) is 0.811. The maximum atomic E-state index is 12.2. The van der Waals surface area contributed by atoms with Crippen molar-refractivity contribution in [3.05, 3.63) is 108 Å². The van der Waals surface area contributed by atoms with Crippen LogP contribution in [0.3, 0.4) is 0 Å². The molecule has 48 heavy (non-hydrogen) atoms. The molecule has 262 valence electrons. The fourth-order valence-electron chi connectivity index (χ4n) is 8.28. The van der Waals surface area contributed by atoms with E-state index in [9.17, 15) is 20.4 Å². The lowest BCUT2D eigenvalue weighted by Crippen LogP contribution is -2.48. The van der Waals surface area contributed by atoms with E-state index in [1.165, 1.54) is 5.56 Å². The SMILES string of the molecule is C=CC1(O)C(CN(C)C)CCCC1c1cccc(O)c1.CN(C)CC1CCCC(c2cccc(O)c2)C1(O)c1ccc(C(C)(C)C)cc1. The number of phenolic OH excluding ortho intramolecular Hbond substituents is 2. The topological polar surface area (TPSA) is 87.4 Å². The normalized spacial score (nSPS) is 27.7. The van der Waals surface area contributed by atoms with Gasteiger partial charge in [-0.25, -0.2) is 0 Å². The monoisotopic (exact) mass is 656 g/mol. The van der Waals surface area contributed by atoms with Crippen molar-refractivity contribution < 1.29 is 20.4 Å². The van der Waals surface area contributed by atoms with Gasteiger partial charge in [0, 0.05) is 36.8 Å². The van der Waals surface area contributed by atoms with Crippen LogP contribution >= 0.6 is 0 Å². The summed E-state index contributed by atoms with van der Waals surface area (Å²) in [6, 6.07) is 23.2. The lowest BCUT2D eigenvalue weighted by Gasteiger charge is -2.47. The Morgan fingerprint density at radius 2 is 1.19 bits per heavy atom. The van der Waals surface area contributed by atoms with Gasteiger partial charge in [-0.2, -0.15) is 0 Å². The summed E-state index contributed by atoms with van der Waals surface area (Å²) < 4.78 is 0. The number of hydrogen-bond acceptors (Lipinski definition) is 6. The average molecular weight is 657 g/mol. The van der Waals surface area contributed by atoms with E-state index in [0.29, 0.717) is 0 Å². The Morgan fingerprint density at radius 1 is 0.708 bits per heavy atom. The van der Waals surface area contributed by atoms with Gasteiger partial charge in [-0.05, 0) is 106 Å². The van der Waals surface area contributed by atoms with E-state index < -0.39 is 11.2 Å². The van der Waals surface area contributed by atoms with Crippen molar-refractivity contribution in [2.24, 2.45) is 11.8 Å². The molecule has 0 bridgehead atoms. The average Bonchev–Trinajstić information content (AvgIpc) is 3.02. The molecule has 0 spiro atoms. The molecular weight excluding hydrogens is 596 g/mol. The summed E-state index contributed by atoms with van der Waals surface area (Å²) in [4.78, 5) is 4.29. The van der Waals surface area contributed by atoms with Crippen molar-refractivity contribution in [2.45, 2.75) is 87.7 Å². The smallest absolute Gasteiger partial charge is 0.115 e. The Labute approximate surface area is 289 Å². The molecule has 0 aromatic heterocycles. The van der Waals surface area contributed by atoms with Gasteiger partial charge in [-0.3, -0.25) is 0 Å². The predicted molar refractivity (Wildman–Crippen MR) is 198 cm³/mol. The molecule has 3 aromatic carbocycles. The Balaban J connectivity index is 0.000000229. The number of rotatable bonds is 8. The van der Waals surface area contributed by atoms with E-state index in [0.717, 1.165) is 68.3 Å². The fraction of sp³-hybridized carbons (Fsp3) is 0.524. The molecule has 4 N–H and O–H groups in total. The van der Waals surface area contributed by atoms with Crippen molar-refractivity contribution in [1.82, 2.24) is 9.80 Å². The van der Waals surface area contributed by atoms with Gasteiger partial charge in [0.2, 0.25) is 0 Å². The molecule has 2 fully saturated rings. The molecule has 2 saturated carbocycles. The van der Waals surface area contributed by atoms with Crippen LogP contribution in [-0.4, -0.2) is 77.1 Å². The molecule has 0 amide bonds. The van der Waals surface area contributed by atoms with E-state index in [1.54, 1.807) is 24.3 Å². The first-order chi connectivity index (χ1) is 22.6. The van der Waals surface area contributed by atoms with Crippen LogP contribution in [0.4, 0.5) is 0 Å². The van der Waals surface area contributed by atoms with E-state index in [-0.39, 0.29) is 40.6 Å². The maximum absolute atomic E-state index is 12.2. The third-order valence-electron chi connectivity index (χ3n) is 10.7. The van der Waals surface area contributed by atoms with Crippen LogP contribution in [0, 0.1) is 11.8 Å². The van der Waals surface area contributed by atoms with Crippen LogP contribution in [0.1, 0.15) is 93.4 Å². The lowest BCUT2D eigenvalue weighted by molar-refractivity contribution is -0.0803. The van der Waals surface area contributed by atoms with Crippen LogP contribution < -0.4 is 0 Å². The molecule has 6 heteroatoms. The van der Waals surface area contributed by atoms with Gasteiger partial charge in [-0.1, -0.05) is 88.2 Å². The first kappa shape index (κ1) is 37.7. The van der Waals surface area contributed by atoms with E-state index in [2.05, 4.69) is 75.5 Å². The summed E-state index contributed by atoms with van der Waals surface area (Å²) in [6.45, 7) is 12.2. The summed E-state index contributed by atoms with van der Waals surface area (Å²) in [6.07, 6.45) is 7.74. The Bertz CT molecular complexity index is 1480. The molecule has 0 heterocycles. The third kappa shape index (κ3) is 8.52. The Hall–Kier alpha value is -3.16.